The SMILES string of the molecule is CCc1nc(Cl)cc(NCCCc2ncc[nH]2)n1. The van der Waals surface area contributed by atoms with E-state index in [1.165, 1.54) is 0 Å². The van der Waals surface area contributed by atoms with Crippen LogP contribution in [0.4, 0.5) is 5.82 Å². The molecule has 0 fully saturated rings. The van der Waals surface area contributed by atoms with Crippen LogP contribution in [0.1, 0.15) is 25.0 Å². The Balaban J connectivity index is 1.81. The first-order valence-corrected chi connectivity index (χ1v) is 6.41. The number of rotatable bonds is 6. The molecular formula is C12H16ClN5. The minimum atomic E-state index is 0.482. The van der Waals surface area contributed by atoms with E-state index < -0.39 is 0 Å². The van der Waals surface area contributed by atoms with Gasteiger partial charge in [-0.1, -0.05) is 18.5 Å². The molecule has 0 atom stereocenters. The number of halogens is 1. The van der Waals surface area contributed by atoms with Crippen molar-refractivity contribution >= 4 is 17.4 Å². The molecule has 2 N–H and O–H groups in total. The average molecular weight is 266 g/mol. The molecule has 0 saturated carbocycles. The lowest BCUT2D eigenvalue weighted by molar-refractivity contribution is 0.811. The van der Waals surface area contributed by atoms with Crippen LogP contribution in [0.5, 0.6) is 0 Å². The second kappa shape index (κ2) is 6.35. The molecule has 0 saturated heterocycles. The molecule has 2 aromatic heterocycles. The summed E-state index contributed by atoms with van der Waals surface area (Å²) in [4.78, 5) is 15.7. The maximum atomic E-state index is 5.92. The Morgan fingerprint density at radius 3 is 3.00 bits per heavy atom. The van der Waals surface area contributed by atoms with Crippen molar-refractivity contribution in [3.05, 3.63) is 35.3 Å². The van der Waals surface area contributed by atoms with Crippen LogP contribution in [-0.4, -0.2) is 26.5 Å². The molecule has 18 heavy (non-hydrogen) atoms. The van der Waals surface area contributed by atoms with Crippen molar-refractivity contribution in [3.8, 4) is 0 Å². The van der Waals surface area contributed by atoms with E-state index in [1.54, 1.807) is 12.3 Å². The number of anilines is 1. The Hall–Kier alpha value is -1.62. The van der Waals surface area contributed by atoms with Crippen molar-refractivity contribution in [2.75, 3.05) is 11.9 Å². The van der Waals surface area contributed by atoms with E-state index in [0.29, 0.717) is 5.15 Å². The van der Waals surface area contributed by atoms with E-state index in [-0.39, 0.29) is 0 Å². The van der Waals surface area contributed by atoms with Crippen LogP contribution >= 0.6 is 11.6 Å². The van der Waals surface area contributed by atoms with Crippen molar-refractivity contribution in [3.63, 3.8) is 0 Å². The van der Waals surface area contributed by atoms with Crippen LogP contribution in [0, 0.1) is 0 Å². The molecule has 5 nitrogen and oxygen atoms in total. The third-order valence-electron chi connectivity index (χ3n) is 2.51. The van der Waals surface area contributed by atoms with Crippen molar-refractivity contribution in [1.29, 1.82) is 0 Å². The number of aromatic nitrogens is 4. The number of aryl methyl sites for hydroxylation is 2. The Morgan fingerprint density at radius 2 is 2.28 bits per heavy atom. The zero-order valence-corrected chi connectivity index (χ0v) is 11.0. The van der Waals surface area contributed by atoms with Crippen molar-refractivity contribution in [1.82, 2.24) is 19.9 Å². The fourth-order valence-electron chi connectivity index (χ4n) is 1.62. The zero-order chi connectivity index (χ0) is 12.8. The summed E-state index contributed by atoms with van der Waals surface area (Å²) in [6.45, 7) is 2.84. The fourth-order valence-corrected chi connectivity index (χ4v) is 1.82. The molecule has 0 aromatic carbocycles. The van der Waals surface area contributed by atoms with Gasteiger partial charge < -0.3 is 10.3 Å². The van der Waals surface area contributed by atoms with E-state index >= 15 is 0 Å². The first-order valence-electron chi connectivity index (χ1n) is 6.03. The highest BCUT2D eigenvalue weighted by Gasteiger charge is 2.01. The molecule has 0 aliphatic heterocycles. The standard InChI is InChI=1S/C12H16ClN5/c1-2-10-17-9(13)8-12(18-10)14-5-3-4-11-15-6-7-16-11/h6-8H,2-5H2,1H3,(H,15,16)(H,14,17,18). The minimum Gasteiger partial charge on any atom is -0.370 e. The summed E-state index contributed by atoms with van der Waals surface area (Å²) >= 11 is 5.92. The Morgan fingerprint density at radius 1 is 1.39 bits per heavy atom. The third kappa shape index (κ3) is 3.70. The van der Waals surface area contributed by atoms with Gasteiger partial charge in [0.05, 0.1) is 0 Å². The van der Waals surface area contributed by atoms with Gasteiger partial charge in [0.15, 0.2) is 0 Å². The van der Waals surface area contributed by atoms with Gasteiger partial charge in [0.1, 0.15) is 22.6 Å². The molecule has 0 bridgehead atoms. The highest BCUT2D eigenvalue weighted by atomic mass is 35.5. The number of nitrogens with one attached hydrogen (secondary N) is 2. The third-order valence-corrected chi connectivity index (χ3v) is 2.70. The molecule has 0 aliphatic carbocycles. The molecule has 0 spiro atoms. The second-order valence-corrected chi connectivity index (χ2v) is 4.30. The lowest BCUT2D eigenvalue weighted by atomic mass is 10.3. The molecule has 96 valence electrons. The predicted octanol–water partition coefficient (Wildman–Crippen LogP) is 2.46. The molecule has 2 aromatic rings. The average Bonchev–Trinajstić information content (AvgIpc) is 2.87. The van der Waals surface area contributed by atoms with Crippen molar-refractivity contribution in [2.24, 2.45) is 0 Å². The highest BCUT2D eigenvalue weighted by molar-refractivity contribution is 6.29. The van der Waals surface area contributed by atoms with Crippen molar-refractivity contribution < 1.29 is 0 Å². The summed E-state index contributed by atoms with van der Waals surface area (Å²) in [5, 5.41) is 3.73. The Bertz CT molecular complexity index is 483. The topological polar surface area (TPSA) is 66.5 Å². The molecule has 0 amide bonds. The normalized spacial score (nSPS) is 10.6. The molecular weight excluding hydrogens is 250 g/mol. The molecule has 2 rings (SSSR count). The summed E-state index contributed by atoms with van der Waals surface area (Å²) in [6, 6.07) is 1.74. The fraction of sp³-hybridized carbons (Fsp3) is 0.417. The monoisotopic (exact) mass is 265 g/mol. The summed E-state index contributed by atoms with van der Waals surface area (Å²) in [5.74, 6) is 2.55. The smallest absolute Gasteiger partial charge is 0.134 e. The number of hydrogen-bond donors (Lipinski definition) is 2. The lowest BCUT2D eigenvalue weighted by Gasteiger charge is -2.06. The van der Waals surface area contributed by atoms with Crippen LogP contribution in [0.15, 0.2) is 18.5 Å². The summed E-state index contributed by atoms with van der Waals surface area (Å²) in [7, 11) is 0. The number of imidazole rings is 1. The second-order valence-electron chi connectivity index (χ2n) is 3.91. The van der Waals surface area contributed by atoms with Crippen LogP contribution in [0.2, 0.25) is 5.15 Å². The van der Waals surface area contributed by atoms with Gasteiger partial charge in [-0.3, -0.25) is 0 Å². The van der Waals surface area contributed by atoms with Gasteiger partial charge in [-0.15, -0.1) is 0 Å². The van der Waals surface area contributed by atoms with Gasteiger partial charge >= 0.3 is 0 Å². The zero-order valence-electron chi connectivity index (χ0n) is 10.3. The number of aromatic amines is 1. The largest absolute Gasteiger partial charge is 0.370 e. The van der Waals surface area contributed by atoms with Gasteiger partial charge in [-0.05, 0) is 6.42 Å². The summed E-state index contributed by atoms with van der Waals surface area (Å²) < 4.78 is 0. The molecule has 0 radical (unpaired) electrons. The van der Waals surface area contributed by atoms with Gasteiger partial charge in [0, 0.05) is 37.8 Å². The van der Waals surface area contributed by atoms with E-state index in [0.717, 1.165) is 43.3 Å². The number of hydrogen-bond acceptors (Lipinski definition) is 4. The Kier molecular flexibility index (Phi) is 4.52. The summed E-state index contributed by atoms with van der Waals surface area (Å²) in [5.41, 5.74) is 0. The molecule has 6 heteroatoms. The Labute approximate surface area is 111 Å². The van der Waals surface area contributed by atoms with Gasteiger partial charge in [-0.25, -0.2) is 15.0 Å². The molecule has 0 aliphatic rings. The summed E-state index contributed by atoms with van der Waals surface area (Å²) in [6.07, 6.45) is 6.28. The number of H-pyrrole nitrogens is 1. The van der Waals surface area contributed by atoms with Gasteiger partial charge in [0.25, 0.3) is 0 Å². The van der Waals surface area contributed by atoms with E-state index in [1.807, 2.05) is 13.1 Å². The quantitative estimate of drug-likeness (QED) is 0.622. The predicted molar refractivity (Wildman–Crippen MR) is 71.8 cm³/mol. The van der Waals surface area contributed by atoms with E-state index in [2.05, 4.69) is 25.3 Å². The highest BCUT2D eigenvalue weighted by Crippen LogP contribution is 2.11. The van der Waals surface area contributed by atoms with Gasteiger partial charge in [0.2, 0.25) is 0 Å². The first-order chi connectivity index (χ1) is 8.78. The number of nitrogens with zero attached hydrogens (tertiary/aromatic N) is 3. The van der Waals surface area contributed by atoms with Crippen LogP contribution in [-0.2, 0) is 12.8 Å². The minimum absolute atomic E-state index is 0.482. The maximum Gasteiger partial charge on any atom is 0.134 e. The van der Waals surface area contributed by atoms with Crippen LogP contribution in [0.25, 0.3) is 0 Å². The first kappa shape index (κ1) is 12.8. The molecule has 0 unspecified atom stereocenters. The van der Waals surface area contributed by atoms with E-state index in [9.17, 15) is 0 Å². The van der Waals surface area contributed by atoms with Gasteiger partial charge in [-0.2, -0.15) is 0 Å². The molecule has 2 heterocycles. The van der Waals surface area contributed by atoms with E-state index in [4.69, 9.17) is 11.6 Å². The van der Waals surface area contributed by atoms with Crippen LogP contribution < -0.4 is 5.32 Å². The maximum absolute atomic E-state index is 5.92. The van der Waals surface area contributed by atoms with Crippen molar-refractivity contribution in [2.45, 2.75) is 26.2 Å². The van der Waals surface area contributed by atoms with Crippen LogP contribution in [0.3, 0.4) is 0 Å². The lowest BCUT2D eigenvalue weighted by Crippen LogP contribution is -2.07.